The number of pyridine rings is 1. The fourth-order valence-electron chi connectivity index (χ4n) is 7.17. The summed E-state index contributed by atoms with van der Waals surface area (Å²) in [4.78, 5) is 15.5. The summed E-state index contributed by atoms with van der Waals surface area (Å²) in [5.74, 6) is 0.703. The molecule has 0 fully saturated rings. The summed E-state index contributed by atoms with van der Waals surface area (Å²) < 4.78 is 2.48. The van der Waals surface area contributed by atoms with Crippen molar-refractivity contribution in [3.05, 3.63) is 176 Å². The second-order valence-electron chi connectivity index (χ2n) is 12.8. The summed E-state index contributed by atoms with van der Waals surface area (Å²) in [6.07, 6.45) is 0. The predicted octanol–water partition coefficient (Wildman–Crippen LogP) is 12.9. The molecule has 10 aromatic rings. The van der Waals surface area contributed by atoms with E-state index in [2.05, 4.69) is 152 Å². The van der Waals surface area contributed by atoms with Crippen LogP contribution in [0, 0.1) is 0 Å². The number of benzene rings is 7. The van der Waals surface area contributed by atoms with E-state index in [0.717, 1.165) is 44.9 Å². The topological polar surface area (TPSA) is 38.7 Å². The van der Waals surface area contributed by atoms with E-state index in [-0.39, 0.29) is 0 Å². The van der Waals surface area contributed by atoms with Gasteiger partial charge in [-0.2, -0.15) is 0 Å². The van der Waals surface area contributed by atoms with Gasteiger partial charge in [-0.1, -0.05) is 158 Å². The maximum Gasteiger partial charge on any atom is 0.160 e. The molecule has 0 atom stereocenters. The number of hydrogen-bond donors (Lipinski definition) is 0. The van der Waals surface area contributed by atoms with E-state index in [1.807, 2.05) is 35.6 Å². The van der Waals surface area contributed by atoms with Crippen LogP contribution in [0.4, 0.5) is 0 Å². The molecule has 0 radical (unpaired) electrons. The first kappa shape index (κ1) is 29.4. The van der Waals surface area contributed by atoms with E-state index in [4.69, 9.17) is 15.0 Å². The van der Waals surface area contributed by atoms with Gasteiger partial charge in [0.1, 0.15) is 0 Å². The predicted molar refractivity (Wildman–Crippen MR) is 215 cm³/mol. The van der Waals surface area contributed by atoms with Crippen LogP contribution in [0.3, 0.4) is 0 Å². The molecule has 0 saturated carbocycles. The third kappa shape index (κ3) is 5.16. The van der Waals surface area contributed by atoms with Crippen molar-refractivity contribution in [1.29, 1.82) is 0 Å². The Morgan fingerprint density at radius 3 is 1.63 bits per heavy atom. The van der Waals surface area contributed by atoms with Crippen molar-refractivity contribution in [3.63, 3.8) is 0 Å². The van der Waals surface area contributed by atoms with E-state index in [0.29, 0.717) is 5.82 Å². The number of nitrogens with zero attached hydrogens (tertiary/aromatic N) is 3. The Kier molecular flexibility index (Phi) is 7.00. The highest BCUT2D eigenvalue weighted by molar-refractivity contribution is 7.26. The minimum Gasteiger partial charge on any atom is -0.246 e. The Balaban J connectivity index is 1.10. The van der Waals surface area contributed by atoms with Gasteiger partial charge in [0, 0.05) is 43.1 Å². The van der Waals surface area contributed by atoms with Gasteiger partial charge >= 0.3 is 0 Å². The lowest BCUT2D eigenvalue weighted by molar-refractivity contribution is 1.18. The summed E-state index contributed by atoms with van der Waals surface area (Å²) in [6, 6.07) is 61.8. The highest BCUT2D eigenvalue weighted by Gasteiger charge is 2.18. The maximum atomic E-state index is 5.34. The third-order valence-corrected chi connectivity index (χ3v) is 10.9. The molecule has 51 heavy (non-hydrogen) atoms. The molecule has 3 nitrogen and oxygen atoms in total. The molecule has 7 aromatic carbocycles. The minimum atomic E-state index is 0.703. The number of hydrogen-bond acceptors (Lipinski definition) is 4. The van der Waals surface area contributed by atoms with Crippen LogP contribution in [0.15, 0.2) is 176 Å². The second-order valence-corrected chi connectivity index (χ2v) is 13.8. The number of fused-ring (bicyclic) bond motifs is 7. The average molecular weight is 668 g/mol. The lowest BCUT2D eigenvalue weighted by Crippen LogP contribution is -1.96. The Hall–Kier alpha value is -6.49. The zero-order valence-electron chi connectivity index (χ0n) is 27.5. The lowest BCUT2D eigenvalue weighted by Gasteiger charge is -2.12. The van der Waals surface area contributed by atoms with E-state index >= 15 is 0 Å². The standard InChI is InChI=1S/C47H29N3S/c1-3-11-30(12-4-1)31-19-21-33(22-20-31)40-29-41(50-47(49-40)36-14-5-2-6-15-36)34-23-25-35(26-24-34)45-46-44(38-17-9-10-18-42(38)51-46)43-37-16-8-7-13-32(37)27-28-39(43)48-45/h1-29H. The molecule has 0 bridgehead atoms. The van der Waals surface area contributed by atoms with Gasteiger partial charge in [-0.05, 0) is 40.1 Å². The van der Waals surface area contributed by atoms with Gasteiger partial charge in [-0.3, -0.25) is 0 Å². The molecule has 238 valence electrons. The van der Waals surface area contributed by atoms with Crippen LogP contribution in [0.1, 0.15) is 0 Å². The number of aromatic nitrogens is 3. The van der Waals surface area contributed by atoms with Gasteiger partial charge in [-0.15, -0.1) is 11.3 Å². The Bertz CT molecular complexity index is 2880. The molecule has 0 aliphatic heterocycles. The summed E-state index contributed by atoms with van der Waals surface area (Å²) >= 11 is 1.82. The van der Waals surface area contributed by atoms with Crippen LogP contribution in [0.25, 0.3) is 98.1 Å². The van der Waals surface area contributed by atoms with Crippen LogP contribution in [-0.2, 0) is 0 Å². The van der Waals surface area contributed by atoms with Crippen molar-refractivity contribution in [3.8, 4) is 56.3 Å². The molecule has 0 aliphatic carbocycles. The van der Waals surface area contributed by atoms with Crippen molar-refractivity contribution in [2.75, 3.05) is 0 Å². The van der Waals surface area contributed by atoms with E-state index in [9.17, 15) is 0 Å². The SMILES string of the molecule is c1ccc(-c2ccc(-c3cc(-c4ccc(-c5nc6ccc7ccccc7c6c6c5sc5ccccc56)cc4)nc(-c4ccccc4)n3)cc2)cc1. The Labute approximate surface area is 299 Å². The highest BCUT2D eigenvalue weighted by Crippen LogP contribution is 2.44. The first-order chi connectivity index (χ1) is 25.3. The molecule has 3 heterocycles. The van der Waals surface area contributed by atoms with Crippen molar-refractivity contribution in [2.24, 2.45) is 0 Å². The monoisotopic (exact) mass is 667 g/mol. The maximum absolute atomic E-state index is 5.34. The molecule has 0 saturated heterocycles. The van der Waals surface area contributed by atoms with Crippen LogP contribution < -0.4 is 0 Å². The Morgan fingerprint density at radius 2 is 0.922 bits per heavy atom. The van der Waals surface area contributed by atoms with Gasteiger partial charge < -0.3 is 0 Å². The first-order valence-corrected chi connectivity index (χ1v) is 17.9. The van der Waals surface area contributed by atoms with Crippen LogP contribution in [0.5, 0.6) is 0 Å². The third-order valence-electron chi connectivity index (χ3n) is 9.70. The molecule has 0 aliphatic rings. The summed E-state index contributed by atoms with van der Waals surface area (Å²) in [5, 5.41) is 6.24. The largest absolute Gasteiger partial charge is 0.246 e. The second kappa shape index (κ2) is 12.1. The van der Waals surface area contributed by atoms with Crippen molar-refractivity contribution in [2.45, 2.75) is 0 Å². The number of thiophene rings is 1. The number of rotatable bonds is 5. The van der Waals surface area contributed by atoms with Gasteiger partial charge in [0.15, 0.2) is 5.82 Å². The van der Waals surface area contributed by atoms with E-state index in [1.54, 1.807) is 0 Å². The fourth-order valence-corrected chi connectivity index (χ4v) is 8.39. The van der Waals surface area contributed by atoms with Crippen molar-refractivity contribution < 1.29 is 0 Å². The van der Waals surface area contributed by atoms with Gasteiger partial charge in [0.25, 0.3) is 0 Å². The van der Waals surface area contributed by atoms with Crippen LogP contribution in [-0.4, -0.2) is 15.0 Å². The Morgan fingerprint density at radius 1 is 0.373 bits per heavy atom. The zero-order valence-corrected chi connectivity index (χ0v) is 28.3. The average Bonchev–Trinajstić information content (AvgIpc) is 3.61. The van der Waals surface area contributed by atoms with Gasteiger partial charge in [-0.25, -0.2) is 15.0 Å². The highest BCUT2D eigenvalue weighted by atomic mass is 32.1. The molecule has 0 N–H and O–H groups in total. The van der Waals surface area contributed by atoms with E-state index < -0.39 is 0 Å². The van der Waals surface area contributed by atoms with Gasteiger partial charge in [0.2, 0.25) is 0 Å². The summed E-state index contributed by atoms with van der Waals surface area (Å²) in [7, 11) is 0. The molecular formula is C47H29N3S. The molecular weight excluding hydrogens is 639 g/mol. The van der Waals surface area contributed by atoms with Crippen LogP contribution in [0.2, 0.25) is 0 Å². The molecule has 3 aromatic heterocycles. The first-order valence-electron chi connectivity index (χ1n) is 17.1. The van der Waals surface area contributed by atoms with Crippen LogP contribution >= 0.6 is 11.3 Å². The molecule has 10 rings (SSSR count). The quantitative estimate of drug-likeness (QED) is 0.171. The lowest BCUT2D eigenvalue weighted by atomic mass is 9.98. The van der Waals surface area contributed by atoms with Gasteiger partial charge in [0.05, 0.1) is 27.3 Å². The van der Waals surface area contributed by atoms with Crippen molar-refractivity contribution in [1.82, 2.24) is 15.0 Å². The molecule has 0 unspecified atom stereocenters. The van der Waals surface area contributed by atoms with Crippen molar-refractivity contribution >= 4 is 53.2 Å². The fraction of sp³-hybridized carbons (Fsp3) is 0. The van der Waals surface area contributed by atoms with E-state index in [1.165, 1.54) is 47.5 Å². The summed E-state index contributed by atoms with van der Waals surface area (Å²) in [5.41, 5.74) is 10.3. The zero-order chi connectivity index (χ0) is 33.7. The summed E-state index contributed by atoms with van der Waals surface area (Å²) in [6.45, 7) is 0. The minimum absolute atomic E-state index is 0.703. The molecule has 0 spiro atoms. The smallest absolute Gasteiger partial charge is 0.160 e. The molecule has 4 heteroatoms. The normalized spacial score (nSPS) is 11.5. The molecule has 0 amide bonds.